The van der Waals surface area contributed by atoms with Crippen molar-refractivity contribution < 1.29 is 38.4 Å². The number of hydrogen-bond acceptors (Lipinski definition) is 9. The van der Waals surface area contributed by atoms with Gasteiger partial charge in [0.05, 0.1) is 14.2 Å². The summed E-state index contributed by atoms with van der Waals surface area (Å²) in [6.45, 7) is 10.1. The van der Waals surface area contributed by atoms with Gasteiger partial charge < -0.3 is 29.4 Å². The van der Waals surface area contributed by atoms with Crippen LogP contribution in [0.3, 0.4) is 0 Å². The Labute approximate surface area is 233 Å². The van der Waals surface area contributed by atoms with Crippen molar-refractivity contribution in [1.29, 1.82) is 0 Å². The van der Waals surface area contributed by atoms with Gasteiger partial charge >= 0.3 is 18.2 Å². The molecule has 0 saturated heterocycles. The van der Waals surface area contributed by atoms with Crippen LogP contribution in [0.4, 0.5) is 21.1 Å². The third kappa shape index (κ3) is 7.31. The number of rotatable bonds is 7. The van der Waals surface area contributed by atoms with E-state index in [0.29, 0.717) is 33.5 Å². The molecule has 1 atom stereocenters. The molecule has 0 spiro atoms. The Bertz CT molecular complexity index is 1380. The minimum atomic E-state index is -1.18. The van der Waals surface area contributed by atoms with E-state index in [1.165, 1.54) is 20.4 Å². The molecule has 0 aliphatic rings. The number of carboxylic acid groups (broad SMARTS) is 1. The Balaban J connectivity index is 2.06. The van der Waals surface area contributed by atoms with E-state index in [9.17, 15) is 19.5 Å². The van der Waals surface area contributed by atoms with E-state index in [4.69, 9.17) is 18.9 Å². The standard InChI is InChI=1S/C29H35N3O8/c1-28(2,3)39-26(35)32(27(36)40-29(4,5)6)24-20-11-9-18(15-17(20)13-14-30-24)31-23(25(33)34)21-16-19(37-7)10-12-22(21)38-8/h9-16,23,31H,1-8H3,(H,33,34). The number of carbonyl (C=O) groups excluding carboxylic acids is 2. The second-order valence-corrected chi connectivity index (χ2v) is 10.9. The number of ether oxygens (including phenoxy) is 4. The van der Waals surface area contributed by atoms with Gasteiger partial charge in [0, 0.05) is 22.8 Å². The third-order valence-corrected chi connectivity index (χ3v) is 5.41. The summed E-state index contributed by atoms with van der Waals surface area (Å²) < 4.78 is 21.6. The van der Waals surface area contributed by atoms with E-state index >= 15 is 0 Å². The monoisotopic (exact) mass is 553 g/mol. The van der Waals surface area contributed by atoms with Crippen molar-refractivity contribution in [3.63, 3.8) is 0 Å². The molecular weight excluding hydrogens is 518 g/mol. The number of carbonyl (C=O) groups is 3. The lowest BCUT2D eigenvalue weighted by molar-refractivity contribution is -0.138. The van der Waals surface area contributed by atoms with Crippen LogP contribution in [0.15, 0.2) is 48.7 Å². The molecule has 1 unspecified atom stereocenters. The number of aliphatic carboxylic acids is 1. The summed E-state index contributed by atoms with van der Waals surface area (Å²) in [5.41, 5.74) is -0.938. The Morgan fingerprint density at radius 1 is 0.875 bits per heavy atom. The van der Waals surface area contributed by atoms with E-state index in [0.717, 1.165) is 4.90 Å². The van der Waals surface area contributed by atoms with Gasteiger partial charge in [-0.15, -0.1) is 0 Å². The number of fused-ring (bicyclic) bond motifs is 1. The highest BCUT2D eigenvalue weighted by Gasteiger charge is 2.34. The topological polar surface area (TPSA) is 137 Å². The molecule has 3 rings (SSSR count). The van der Waals surface area contributed by atoms with Crippen LogP contribution >= 0.6 is 0 Å². The zero-order valence-electron chi connectivity index (χ0n) is 23.9. The normalized spacial score (nSPS) is 12.3. The summed E-state index contributed by atoms with van der Waals surface area (Å²) in [5, 5.41) is 14.1. The van der Waals surface area contributed by atoms with E-state index in [2.05, 4.69) is 10.3 Å². The van der Waals surface area contributed by atoms with Gasteiger partial charge in [-0.3, -0.25) is 0 Å². The van der Waals surface area contributed by atoms with Crippen LogP contribution < -0.4 is 19.7 Å². The van der Waals surface area contributed by atoms with E-state index in [1.54, 1.807) is 84.0 Å². The average Bonchev–Trinajstić information content (AvgIpc) is 2.84. The summed E-state index contributed by atoms with van der Waals surface area (Å²) in [7, 11) is 2.94. The summed E-state index contributed by atoms with van der Waals surface area (Å²) in [4.78, 5) is 43.6. The fraction of sp³-hybridized carbons (Fsp3) is 0.379. The Kier molecular flexibility index (Phi) is 8.77. The molecule has 0 fully saturated rings. The first kappa shape index (κ1) is 30.0. The third-order valence-electron chi connectivity index (χ3n) is 5.41. The van der Waals surface area contributed by atoms with E-state index in [1.807, 2.05) is 0 Å². The molecule has 2 N–H and O–H groups in total. The highest BCUT2D eigenvalue weighted by molar-refractivity contribution is 6.14. The molecule has 0 radical (unpaired) electrons. The summed E-state index contributed by atoms with van der Waals surface area (Å²) in [6, 6.07) is 10.3. The number of nitrogens with zero attached hydrogens (tertiary/aromatic N) is 2. The predicted molar refractivity (Wildman–Crippen MR) is 150 cm³/mol. The number of imide groups is 1. The molecule has 11 nitrogen and oxygen atoms in total. The van der Waals surface area contributed by atoms with Crippen LogP contribution in [-0.4, -0.2) is 53.7 Å². The molecule has 0 aliphatic heterocycles. The quantitative estimate of drug-likeness (QED) is 0.350. The van der Waals surface area contributed by atoms with Gasteiger partial charge in [0.1, 0.15) is 22.7 Å². The zero-order valence-corrected chi connectivity index (χ0v) is 23.9. The number of methoxy groups -OCH3 is 2. The molecule has 1 heterocycles. The van der Waals surface area contributed by atoms with Crippen molar-refractivity contribution in [2.75, 3.05) is 24.4 Å². The van der Waals surface area contributed by atoms with E-state index in [-0.39, 0.29) is 5.82 Å². The average molecular weight is 554 g/mol. The lowest BCUT2D eigenvalue weighted by Gasteiger charge is -2.28. The van der Waals surface area contributed by atoms with Gasteiger partial charge in [-0.05, 0) is 89.4 Å². The molecule has 0 aliphatic carbocycles. The Morgan fingerprint density at radius 2 is 1.50 bits per heavy atom. The van der Waals surface area contributed by atoms with E-state index < -0.39 is 35.4 Å². The number of nitrogens with one attached hydrogen (secondary N) is 1. The van der Waals surface area contributed by atoms with Gasteiger partial charge in [-0.25, -0.2) is 19.4 Å². The van der Waals surface area contributed by atoms with Gasteiger partial charge in [0.15, 0.2) is 11.9 Å². The van der Waals surface area contributed by atoms with Gasteiger partial charge in [0.25, 0.3) is 0 Å². The number of hydrogen-bond donors (Lipinski definition) is 2. The Hall–Kier alpha value is -4.54. The van der Waals surface area contributed by atoms with Crippen LogP contribution in [0.5, 0.6) is 11.5 Å². The maximum atomic E-state index is 13.2. The van der Waals surface area contributed by atoms with Crippen molar-refractivity contribution in [2.24, 2.45) is 0 Å². The molecule has 40 heavy (non-hydrogen) atoms. The van der Waals surface area contributed by atoms with Crippen LogP contribution in [0, 0.1) is 0 Å². The van der Waals surface area contributed by atoms with Crippen LogP contribution in [-0.2, 0) is 14.3 Å². The SMILES string of the molecule is COc1ccc(OC)c(C(Nc2ccc3c(N(C(=O)OC(C)(C)C)C(=O)OC(C)(C)C)nccc3c2)C(=O)O)c1. The lowest BCUT2D eigenvalue weighted by atomic mass is 10.0. The van der Waals surface area contributed by atoms with Gasteiger partial charge in [-0.1, -0.05) is 0 Å². The van der Waals surface area contributed by atoms with Crippen molar-refractivity contribution in [3.05, 3.63) is 54.2 Å². The van der Waals surface area contributed by atoms with Crippen molar-refractivity contribution in [2.45, 2.75) is 58.8 Å². The van der Waals surface area contributed by atoms with Crippen molar-refractivity contribution >= 4 is 40.4 Å². The first-order chi connectivity index (χ1) is 18.6. The molecule has 2 amide bonds. The fourth-order valence-corrected chi connectivity index (χ4v) is 3.80. The number of carboxylic acids is 1. The van der Waals surface area contributed by atoms with Crippen LogP contribution in [0.2, 0.25) is 0 Å². The van der Waals surface area contributed by atoms with Crippen molar-refractivity contribution in [3.8, 4) is 11.5 Å². The summed E-state index contributed by atoms with van der Waals surface area (Å²) in [6.07, 6.45) is -0.455. The molecule has 3 aromatic rings. The van der Waals surface area contributed by atoms with Gasteiger partial charge in [-0.2, -0.15) is 4.90 Å². The Morgan fingerprint density at radius 3 is 2.02 bits per heavy atom. The van der Waals surface area contributed by atoms with Crippen LogP contribution in [0.1, 0.15) is 53.1 Å². The first-order valence-corrected chi connectivity index (χ1v) is 12.5. The molecule has 0 saturated carbocycles. The summed E-state index contributed by atoms with van der Waals surface area (Å²) in [5.74, 6) is -0.277. The minimum Gasteiger partial charge on any atom is -0.497 e. The molecule has 11 heteroatoms. The molecule has 0 bridgehead atoms. The number of anilines is 2. The van der Waals surface area contributed by atoms with Crippen molar-refractivity contribution in [1.82, 2.24) is 4.98 Å². The summed E-state index contributed by atoms with van der Waals surface area (Å²) >= 11 is 0. The molecule has 2 aromatic carbocycles. The number of aromatic nitrogens is 1. The smallest absolute Gasteiger partial charge is 0.425 e. The zero-order chi connectivity index (χ0) is 29.8. The number of amides is 2. The number of benzene rings is 2. The lowest BCUT2D eigenvalue weighted by Crippen LogP contribution is -2.44. The minimum absolute atomic E-state index is 0.0109. The number of pyridine rings is 1. The fourth-order valence-electron chi connectivity index (χ4n) is 3.80. The second-order valence-electron chi connectivity index (χ2n) is 10.9. The maximum absolute atomic E-state index is 13.2. The highest BCUT2D eigenvalue weighted by Crippen LogP contribution is 2.34. The predicted octanol–water partition coefficient (Wildman–Crippen LogP) is 6.17. The second kappa shape index (κ2) is 11.7. The van der Waals surface area contributed by atoms with Crippen LogP contribution in [0.25, 0.3) is 10.8 Å². The molecule has 1 aromatic heterocycles. The highest BCUT2D eigenvalue weighted by atomic mass is 16.6. The first-order valence-electron chi connectivity index (χ1n) is 12.5. The molecular formula is C29H35N3O8. The maximum Gasteiger partial charge on any atom is 0.425 e. The van der Waals surface area contributed by atoms with Gasteiger partial charge in [0.2, 0.25) is 0 Å². The largest absolute Gasteiger partial charge is 0.497 e. The molecule has 214 valence electrons.